The zero-order valence-electron chi connectivity index (χ0n) is 14.3. The summed E-state index contributed by atoms with van der Waals surface area (Å²) in [5.41, 5.74) is 3.02. The van der Waals surface area contributed by atoms with Crippen molar-refractivity contribution >= 4 is 0 Å². The van der Waals surface area contributed by atoms with Crippen molar-refractivity contribution in [3.63, 3.8) is 0 Å². The van der Waals surface area contributed by atoms with Gasteiger partial charge in [0.25, 0.3) is 0 Å². The molecule has 0 radical (unpaired) electrons. The van der Waals surface area contributed by atoms with Gasteiger partial charge in [-0.05, 0) is 70.3 Å². The molecule has 0 spiro atoms. The Kier molecular flexibility index (Phi) is 5.83. The number of likely N-dealkylation sites (tertiary alicyclic amines) is 1. The summed E-state index contributed by atoms with van der Waals surface area (Å²) in [4.78, 5) is 2.66. The van der Waals surface area contributed by atoms with Crippen LogP contribution in [0.5, 0.6) is 0 Å². The number of hydrogen-bond donors (Lipinski definition) is 1. The molecular weight excluding hydrogens is 256 g/mol. The molecule has 0 amide bonds. The molecule has 1 aliphatic heterocycles. The minimum Gasteiger partial charge on any atom is -0.308 e. The van der Waals surface area contributed by atoms with E-state index < -0.39 is 0 Å². The van der Waals surface area contributed by atoms with Crippen molar-refractivity contribution in [2.45, 2.75) is 65.0 Å². The monoisotopic (exact) mass is 288 g/mol. The van der Waals surface area contributed by atoms with Crippen molar-refractivity contribution in [3.05, 3.63) is 35.4 Å². The van der Waals surface area contributed by atoms with E-state index in [2.05, 4.69) is 62.2 Å². The Hall–Kier alpha value is -0.860. The molecule has 1 atom stereocenters. The van der Waals surface area contributed by atoms with E-state index in [1.165, 1.54) is 43.5 Å². The number of nitrogens with zero attached hydrogens (tertiary/aromatic N) is 1. The lowest BCUT2D eigenvalue weighted by Crippen LogP contribution is -2.51. The molecule has 2 nitrogen and oxygen atoms in total. The molecule has 1 aliphatic rings. The standard InChI is InChI=1S/C19H32N2/c1-5-13-20-18(17-11-9-16(6-2)10-12-17)19(3,4)21-14-7-8-15-21/h9-12,18,20H,5-8,13-15H2,1-4H3. The summed E-state index contributed by atoms with van der Waals surface area (Å²) < 4.78 is 0. The number of aryl methyl sites for hydroxylation is 1. The summed E-state index contributed by atoms with van der Waals surface area (Å²) in [5, 5.41) is 3.80. The maximum absolute atomic E-state index is 3.80. The van der Waals surface area contributed by atoms with Crippen molar-refractivity contribution < 1.29 is 0 Å². The van der Waals surface area contributed by atoms with Crippen LogP contribution in [0.3, 0.4) is 0 Å². The quantitative estimate of drug-likeness (QED) is 0.810. The van der Waals surface area contributed by atoms with E-state index in [4.69, 9.17) is 0 Å². The summed E-state index contributed by atoms with van der Waals surface area (Å²) in [6, 6.07) is 9.63. The number of hydrogen-bond acceptors (Lipinski definition) is 2. The number of nitrogens with one attached hydrogen (secondary N) is 1. The average Bonchev–Trinajstić information content (AvgIpc) is 3.03. The Morgan fingerprint density at radius 2 is 1.71 bits per heavy atom. The molecule has 1 aromatic rings. The van der Waals surface area contributed by atoms with Gasteiger partial charge in [-0.25, -0.2) is 0 Å². The molecule has 1 heterocycles. The van der Waals surface area contributed by atoms with E-state index in [9.17, 15) is 0 Å². The van der Waals surface area contributed by atoms with Crippen molar-refractivity contribution in [2.75, 3.05) is 19.6 Å². The third-order valence-electron chi connectivity index (χ3n) is 4.95. The molecule has 1 fully saturated rings. The SMILES string of the molecule is CCCNC(c1ccc(CC)cc1)C(C)(C)N1CCCC1. The van der Waals surface area contributed by atoms with Gasteiger partial charge in [-0.1, -0.05) is 38.1 Å². The highest BCUT2D eigenvalue weighted by Gasteiger charge is 2.37. The van der Waals surface area contributed by atoms with Gasteiger partial charge in [0.1, 0.15) is 0 Å². The normalized spacial score (nSPS) is 18.1. The first-order valence-corrected chi connectivity index (χ1v) is 8.66. The zero-order valence-corrected chi connectivity index (χ0v) is 14.3. The van der Waals surface area contributed by atoms with E-state index >= 15 is 0 Å². The molecule has 0 aromatic heterocycles. The zero-order chi connectivity index (χ0) is 15.3. The van der Waals surface area contributed by atoms with Crippen LogP contribution in [0, 0.1) is 0 Å². The molecule has 118 valence electrons. The van der Waals surface area contributed by atoms with E-state index in [0.717, 1.165) is 13.0 Å². The van der Waals surface area contributed by atoms with Crippen LogP contribution in [0.4, 0.5) is 0 Å². The van der Waals surface area contributed by atoms with Crippen LogP contribution in [-0.2, 0) is 6.42 Å². The Labute approximate surface area is 130 Å². The number of rotatable bonds is 7. The molecule has 0 saturated carbocycles. The largest absolute Gasteiger partial charge is 0.308 e. The van der Waals surface area contributed by atoms with Crippen LogP contribution in [0.25, 0.3) is 0 Å². The van der Waals surface area contributed by atoms with Crippen LogP contribution in [0.2, 0.25) is 0 Å². The molecule has 21 heavy (non-hydrogen) atoms. The molecule has 1 N–H and O–H groups in total. The Balaban J connectivity index is 2.22. The van der Waals surface area contributed by atoms with Crippen molar-refractivity contribution in [3.8, 4) is 0 Å². The van der Waals surface area contributed by atoms with E-state index in [1.807, 2.05) is 0 Å². The lowest BCUT2D eigenvalue weighted by atomic mass is 9.86. The van der Waals surface area contributed by atoms with Gasteiger partial charge in [0.2, 0.25) is 0 Å². The predicted molar refractivity (Wildman–Crippen MR) is 91.7 cm³/mol. The van der Waals surface area contributed by atoms with Gasteiger partial charge >= 0.3 is 0 Å². The summed E-state index contributed by atoms with van der Waals surface area (Å²) in [5.74, 6) is 0. The van der Waals surface area contributed by atoms with Gasteiger partial charge in [0.15, 0.2) is 0 Å². The Morgan fingerprint density at radius 3 is 2.24 bits per heavy atom. The van der Waals surface area contributed by atoms with Crippen molar-refractivity contribution in [1.29, 1.82) is 0 Å². The smallest absolute Gasteiger partial charge is 0.0501 e. The average molecular weight is 288 g/mol. The molecule has 1 aromatic carbocycles. The lowest BCUT2D eigenvalue weighted by Gasteiger charge is -2.43. The van der Waals surface area contributed by atoms with Crippen LogP contribution in [0.15, 0.2) is 24.3 Å². The molecule has 0 aliphatic carbocycles. The molecule has 0 bridgehead atoms. The molecular formula is C19H32N2. The molecule has 1 saturated heterocycles. The van der Waals surface area contributed by atoms with Crippen LogP contribution < -0.4 is 5.32 Å². The van der Waals surface area contributed by atoms with Gasteiger partial charge in [-0.3, -0.25) is 4.90 Å². The third kappa shape index (κ3) is 3.87. The first-order valence-electron chi connectivity index (χ1n) is 8.66. The maximum atomic E-state index is 3.80. The highest BCUT2D eigenvalue weighted by atomic mass is 15.2. The highest BCUT2D eigenvalue weighted by Crippen LogP contribution is 2.33. The van der Waals surface area contributed by atoms with Gasteiger partial charge < -0.3 is 5.32 Å². The minimum atomic E-state index is 0.166. The maximum Gasteiger partial charge on any atom is 0.0501 e. The van der Waals surface area contributed by atoms with Gasteiger partial charge in [0.05, 0.1) is 6.04 Å². The van der Waals surface area contributed by atoms with Crippen LogP contribution in [0.1, 0.15) is 64.1 Å². The summed E-state index contributed by atoms with van der Waals surface area (Å²) in [6.07, 6.45) is 4.99. The fourth-order valence-corrected chi connectivity index (χ4v) is 3.49. The topological polar surface area (TPSA) is 15.3 Å². The van der Waals surface area contributed by atoms with Gasteiger partial charge in [-0.15, -0.1) is 0 Å². The second-order valence-corrected chi connectivity index (χ2v) is 6.83. The summed E-state index contributed by atoms with van der Waals surface area (Å²) in [6.45, 7) is 12.8. The molecule has 1 unspecified atom stereocenters. The second kappa shape index (κ2) is 7.42. The lowest BCUT2D eigenvalue weighted by molar-refractivity contribution is 0.107. The van der Waals surface area contributed by atoms with E-state index in [1.54, 1.807) is 0 Å². The molecule has 2 rings (SSSR count). The molecule has 2 heteroatoms. The fraction of sp³-hybridized carbons (Fsp3) is 0.684. The van der Waals surface area contributed by atoms with Crippen molar-refractivity contribution in [2.24, 2.45) is 0 Å². The Morgan fingerprint density at radius 1 is 1.10 bits per heavy atom. The first-order chi connectivity index (χ1) is 10.1. The fourth-order valence-electron chi connectivity index (χ4n) is 3.49. The third-order valence-corrected chi connectivity index (χ3v) is 4.95. The van der Waals surface area contributed by atoms with E-state index in [0.29, 0.717) is 6.04 Å². The highest BCUT2D eigenvalue weighted by molar-refractivity contribution is 5.27. The Bertz CT molecular complexity index is 416. The van der Waals surface area contributed by atoms with Crippen LogP contribution in [-0.4, -0.2) is 30.1 Å². The van der Waals surface area contributed by atoms with E-state index in [-0.39, 0.29) is 5.54 Å². The predicted octanol–water partition coefficient (Wildman–Crippen LogP) is 4.16. The summed E-state index contributed by atoms with van der Waals surface area (Å²) >= 11 is 0. The van der Waals surface area contributed by atoms with Crippen LogP contribution >= 0.6 is 0 Å². The summed E-state index contributed by atoms with van der Waals surface area (Å²) in [7, 11) is 0. The second-order valence-electron chi connectivity index (χ2n) is 6.83. The minimum absolute atomic E-state index is 0.166. The van der Waals surface area contributed by atoms with Gasteiger partial charge in [-0.2, -0.15) is 0 Å². The van der Waals surface area contributed by atoms with Crippen molar-refractivity contribution in [1.82, 2.24) is 10.2 Å². The van der Waals surface area contributed by atoms with Gasteiger partial charge in [0, 0.05) is 5.54 Å². The number of benzene rings is 1. The first kappa shape index (κ1) is 16.5.